The number of esters is 1. The molecule has 9 nitrogen and oxygen atoms in total. The van der Waals surface area contributed by atoms with Gasteiger partial charge in [0.2, 0.25) is 5.76 Å². The number of nitrogens with zero attached hydrogens (tertiary/aromatic N) is 2. The summed E-state index contributed by atoms with van der Waals surface area (Å²) in [5.74, 6) is -0.198. The lowest BCUT2D eigenvalue weighted by molar-refractivity contribution is 0.0554. The zero-order valence-corrected chi connectivity index (χ0v) is 24.4. The first-order chi connectivity index (χ1) is 19.3. The Morgan fingerprint density at radius 2 is 1.90 bits per heavy atom. The highest BCUT2D eigenvalue weighted by Gasteiger charge is 2.45. The van der Waals surface area contributed by atoms with Crippen molar-refractivity contribution in [2.24, 2.45) is 0 Å². The number of hydrogen-bond donors (Lipinski definition) is 0. The Hall–Kier alpha value is -3.96. The zero-order chi connectivity index (χ0) is 28.6. The monoisotopic (exact) mass is 624 g/mol. The maximum Gasteiger partial charge on any atom is 0.350 e. The quantitative estimate of drug-likeness (QED) is 0.160. The van der Waals surface area contributed by atoms with E-state index in [1.165, 1.54) is 11.0 Å². The Labute approximate surface area is 242 Å². The molecule has 206 valence electrons. The van der Waals surface area contributed by atoms with Gasteiger partial charge in [-0.2, -0.15) is 0 Å². The number of aromatic nitrogens is 1. The fraction of sp³-hybridized carbons (Fsp3) is 0.241. The molecule has 5 rings (SSSR count). The smallest absolute Gasteiger partial charge is 0.350 e. The van der Waals surface area contributed by atoms with E-state index in [-0.39, 0.29) is 39.0 Å². The summed E-state index contributed by atoms with van der Waals surface area (Å²) in [4.78, 5) is 46.7. The van der Waals surface area contributed by atoms with Gasteiger partial charge in [-0.05, 0) is 56.7 Å². The average molecular weight is 625 g/mol. The van der Waals surface area contributed by atoms with E-state index >= 15 is 0 Å². The number of ether oxygens (including phenoxy) is 3. The van der Waals surface area contributed by atoms with Crippen molar-refractivity contribution in [3.8, 4) is 11.5 Å². The molecular weight excluding hydrogens is 600 g/mol. The second kappa shape index (κ2) is 11.3. The predicted molar refractivity (Wildman–Crippen MR) is 155 cm³/mol. The summed E-state index contributed by atoms with van der Waals surface area (Å²) in [6.45, 7) is 9.80. The Morgan fingerprint density at radius 1 is 1.15 bits per heavy atom. The van der Waals surface area contributed by atoms with E-state index in [2.05, 4.69) is 27.5 Å². The molecular formula is C29H25BrN2O7S. The van der Waals surface area contributed by atoms with Crippen LogP contribution in [0.3, 0.4) is 0 Å². The van der Waals surface area contributed by atoms with E-state index in [1.54, 1.807) is 43.3 Å². The molecule has 0 bridgehead atoms. The van der Waals surface area contributed by atoms with Crippen molar-refractivity contribution < 1.29 is 28.2 Å². The molecule has 2 aromatic carbocycles. The van der Waals surface area contributed by atoms with Crippen molar-refractivity contribution >= 4 is 55.2 Å². The van der Waals surface area contributed by atoms with Crippen LogP contribution >= 0.6 is 27.3 Å². The number of rotatable bonds is 9. The van der Waals surface area contributed by atoms with Crippen LogP contribution in [-0.4, -0.2) is 36.7 Å². The van der Waals surface area contributed by atoms with E-state index in [0.29, 0.717) is 45.8 Å². The van der Waals surface area contributed by atoms with Crippen molar-refractivity contribution in [1.29, 1.82) is 0 Å². The van der Waals surface area contributed by atoms with Gasteiger partial charge in [0.1, 0.15) is 17.1 Å². The van der Waals surface area contributed by atoms with E-state index in [4.69, 9.17) is 18.6 Å². The molecule has 4 aromatic rings. The predicted octanol–water partition coefficient (Wildman–Crippen LogP) is 6.21. The first-order valence-electron chi connectivity index (χ1n) is 12.5. The van der Waals surface area contributed by atoms with Crippen molar-refractivity contribution in [2.75, 3.05) is 24.7 Å². The van der Waals surface area contributed by atoms with E-state index in [1.807, 2.05) is 13.8 Å². The van der Waals surface area contributed by atoms with Gasteiger partial charge in [0.05, 0.1) is 35.9 Å². The van der Waals surface area contributed by atoms with Crippen LogP contribution in [0.5, 0.6) is 11.5 Å². The molecule has 40 heavy (non-hydrogen) atoms. The van der Waals surface area contributed by atoms with Gasteiger partial charge in [0.25, 0.3) is 5.91 Å². The number of hydrogen-bond acceptors (Lipinski definition) is 9. The third-order valence-corrected chi connectivity index (χ3v) is 7.85. The minimum atomic E-state index is -0.903. The Balaban J connectivity index is 1.73. The summed E-state index contributed by atoms with van der Waals surface area (Å²) in [5, 5.41) is 0.550. The SMILES string of the molecule is C=CCOC(=O)c1sc(N2C(=O)c3oc4ccc(Br)cc4c(=O)c3C2c2ccc(OCC)c(OCC)c2)nc1C. The van der Waals surface area contributed by atoms with Crippen LogP contribution in [0.25, 0.3) is 11.0 Å². The minimum absolute atomic E-state index is 0.0369. The molecule has 1 amide bonds. The molecule has 0 N–H and O–H groups in total. The van der Waals surface area contributed by atoms with Crippen LogP contribution in [0.4, 0.5) is 5.13 Å². The van der Waals surface area contributed by atoms with Gasteiger partial charge in [0, 0.05) is 4.47 Å². The molecule has 3 heterocycles. The maximum absolute atomic E-state index is 14.0. The molecule has 0 spiro atoms. The van der Waals surface area contributed by atoms with Gasteiger partial charge in [-0.15, -0.1) is 0 Å². The number of carbonyl (C=O) groups is 2. The molecule has 1 unspecified atom stereocenters. The fourth-order valence-corrected chi connectivity index (χ4v) is 5.92. The standard InChI is InChI=1S/C29H25BrN2O7S/c1-5-12-38-28(35)26-15(4)31-29(40-26)32-23(16-8-10-20(36-6-2)21(13-16)37-7-3)22-24(33)18-14-17(30)9-11-19(18)39-25(22)27(32)34/h5,8-11,13-14,23H,1,6-7,12H2,2-4H3. The lowest BCUT2D eigenvalue weighted by Gasteiger charge is -2.23. The Bertz CT molecular complexity index is 1710. The molecule has 0 saturated carbocycles. The number of benzene rings is 2. The molecule has 1 atom stereocenters. The number of thiazole rings is 1. The number of halogens is 1. The van der Waals surface area contributed by atoms with Crippen molar-refractivity contribution in [3.63, 3.8) is 0 Å². The first kappa shape index (κ1) is 27.6. The highest BCUT2D eigenvalue weighted by molar-refractivity contribution is 9.10. The lowest BCUT2D eigenvalue weighted by Crippen LogP contribution is -2.29. The minimum Gasteiger partial charge on any atom is -0.490 e. The number of fused-ring (bicyclic) bond motifs is 2. The lowest BCUT2D eigenvalue weighted by atomic mass is 9.98. The summed E-state index contributed by atoms with van der Waals surface area (Å²) in [5.41, 5.74) is 1.09. The summed E-state index contributed by atoms with van der Waals surface area (Å²) in [7, 11) is 0. The first-order valence-corrected chi connectivity index (χ1v) is 14.1. The number of anilines is 1. The maximum atomic E-state index is 14.0. The summed E-state index contributed by atoms with van der Waals surface area (Å²) < 4.78 is 23.5. The van der Waals surface area contributed by atoms with Crippen LogP contribution in [-0.2, 0) is 4.74 Å². The van der Waals surface area contributed by atoms with Crippen LogP contribution in [0.2, 0.25) is 0 Å². The third kappa shape index (κ3) is 4.79. The van der Waals surface area contributed by atoms with Gasteiger partial charge in [0.15, 0.2) is 22.1 Å². The fourth-order valence-electron chi connectivity index (χ4n) is 4.57. The molecule has 0 saturated heterocycles. The van der Waals surface area contributed by atoms with Crippen molar-refractivity contribution in [3.05, 3.63) is 91.2 Å². The summed E-state index contributed by atoms with van der Waals surface area (Å²) in [6, 6.07) is 9.40. The van der Waals surface area contributed by atoms with E-state index in [0.717, 1.165) is 11.3 Å². The highest BCUT2D eigenvalue weighted by Crippen LogP contribution is 2.45. The second-order valence-corrected chi connectivity index (χ2v) is 10.7. The van der Waals surface area contributed by atoms with Crippen molar-refractivity contribution in [2.45, 2.75) is 26.8 Å². The Kier molecular flexibility index (Phi) is 7.77. The third-order valence-electron chi connectivity index (χ3n) is 6.22. The molecule has 0 fully saturated rings. The molecule has 0 aliphatic carbocycles. The normalized spacial score (nSPS) is 14.3. The second-order valence-electron chi connectivity index (χ2n) is 8.76. The van der Waals surface area contributed by atoms with Crippen LogP contribution in [0.15, 0.2) is 62.7 Å². The van der Waals surface area contributed by atoms with Gasteiger partial charge in [-0.1, -0.05) is 46.0 Å². The molecule has 1 aliphatic rings. The van der Waals surface area contributed by atoms with Gasteiger partial charge >= 0.3 is 5.97 Å². The van der Waals surface area contributed by atoms with Crippen molar-refractivity contribution in [1.82, 2.24) is 4.98 Å². The van der Waals surface area contributed by atoms with Gasteiger partial charge in [-0.25, -0.2) is 9.78 Å². The Morgan fingerprint density at radius 3 is 2.62 bits per heavy atom. The average Bonchev–Trinajstić information content (AvgIpc) is 3.46. The summed E-state index contributed by atoms with van der Waals surface area (Å²) >= 11 is 4.42. The zero-order valence-electron chi connectivity index (χ0n) is 22.0. The van der Waals surface area contributed by atoms with Crippen LogP contribution < -0.4 is 19.8 Å². The van der Waals surface area contributed by atoms with Crippen LogP contribution in [0.1, 0.15) is 56.9 Å². The number of amides is 1. The van der Waals surface area contributed by atoms with Gasteiger partial charge in [-0.3, -0.25) is 14.5 Å². The summed E-state index contributed by atoms with van der Waals surface area (Å²) in [6.07, 6.45) is 1.47. The number of carbonyl (C=O) groups excluding carboxylic acids is 2. The molecule has 11 heteroatoms. The highest BCUT2D eigenvalue weighted by atomic mass is 79.9. The largest absolute Gasteiger partial charge is 0.490 e. The van der Waals surface area contributed by atoms with Crippen LogP contribution in [0, 0.1) is 6.92 Å². The van der Waals surface area contributed by atoms with E-state index in [9.17, 15) is 14.4 Å². The number of aryl methyl sites for hydroxylation is 1. The molecule has 0 radical (unpaired) electrons. The molecule has 2 aromatic heterocycles. The van der Waals surface area contributed by atoms with Gasteiger partial charge < -0.3 is 18.6 Å². The topological polar surface area (TPSA) is 108 Å². The molecule has 1 aliphatic heterocycles. The van der Waals surface area contributed by atoms with E-state index < -0.39 is 17.9 Å².